The number of fused-ring (bicyclic) bond motifs is 1. The predicted molar refractivity (Wildman–Crippen MR) is 68.7 cm³/mol. The molecule has 1 saturated heterocycles. The lowest BCUT2D eigenvalue weighted by molar-refractivity contribution is -0.133. The van der Waals surface area contributed by atoms with Crippen LogP contribution < -0.4 is 5.32 Å². The minimum Gasteiger partial charge on any atom is -0.371 e. The van der Waals surface area contributed by atoms with E-state index < -0.39 is 23.6 Å². The Morgan fingerprint density at radius 2 is 1.75 bits per heavy atom. The van der Waals surface area contributed by atoms with Crippen LogP contribution in [0, 0.1) is 0 Å². The maximum Gasteiger partial charge on any atom is 0.262 e. The third-order valence-electron chi connectivity index (χ3n) is 4.05. The Bertz CT molecular complexity index is 592. The molecule has 0 spiro atoms. The molecule has 3 rings (SSSR count). The molecule has 1 fully saturated rings. The SMILES string of the molecule is C[C@]1(N2C(=O)c3ccccc3C2=O)CCC(=O)NC1O. The van der Waals surface area contributed by atoms with Gasteiger partial charge >= 0.3 is 0 Å². The quantitative estimate of drug-likeness (QED) is 0.720. The Balaban J connectivity index is 2.02. The number of aliphatic hydroxyl groups is 1. The number of hydrogen-bond acceptors (Lipinski definition) is 4. The molecule has 2 aliphatic heterocycles. The molecule has 1 aromatic carbocycles. The van der Waals surface area contributed by atoms with E-state index in [2.05, 4.69) is 5.32 Å². The van der Waals surface area contributed by atoms with E-state index in [9.17, 15) is 19.5 Å². The summed E-state index contributed by atoms with van der Waals surface area (Å²) in [4.78, 5) is 37.2. The van der Waals surface area contributed by atoms with Crippen LogP contribution in [0.15, 0.2) is 24.3 Å². The highest BCUT2D eigenvalue weighted by molar-refractivity contribution is 6.22. The van der Waals surface area contributed by atoms with Crippen LogP contribution in [0.25, 0.3) is 0 Å². The van der Waals surface area contributed by atoms with Gasteiger partial charge < -0.3 is 10.4 Å². The van der Waals surface area contributed by atoms with Gasteiger partial charge in [0.25, 0.3) is 11.8 Å². The van der Waals surface area contributed by atoms with Gasteiger partial charge in [0.2, 0.25) is 5.91 Å². The van der Waals surface area contributed by atoms with Gasteiger partial charge in [-0.2, -0.15) is 0 Å². The molecule has 6 heteroatoms. The van der Waals surface area contributed by atoms with Crippen molar-refractivity contribution >= 4 is 17.7 Å². The molecule has 2 atom stereocenters. The molecule has 0 radical (unpaired) electrons. The molecule has 2 N–H and O–H groups in total. The van der Waals surface area contributed by atoms with Crippen LogP contribution in [0.5, 0.6) is 0 Å². The third-order valence-corrected chi connectivity index (χ3v) is 4.05. The van der Waals surface area contributed by atoms with Crippen LogP contribution in [-0.2, 0) is 4.79 Å². The van der Waals surface area contributed by atoms with Gasteiger partial charge in [-0.25, -0.2) is 0 Å². The topological polar surface area (TPSA) is 86.7 Å². The first-order valence-corrected chi connectivity index (χ1v) is 6.40. The molecule has 0 aromatic heterocycles. The van der Waals surface area contributed by atoms with Crippen molar-refractivity contribution in [2.75, 3.05) is 0 Å². The summed E-state index contributed by atoms with van der Waals surface area (Å²) >= 11 is 0. The number of carbonyl (C=O) groups is 3. The second kappa shape index (κ2) is 4.14. The molecule has 104 valence electrons. The summed E-state index contributed by atoms with van der Waals surface area (Å²) in [5.74, 6) is -1.14. The van der Waals surface area contributed by atoms with E-state index in [0.717, 1.165) is 4.90 Å². The number of piperidine rings is 1. The van der Waals surface area contributed by atoms with E-state index in [1.807, 2.05) is 0 Å². The Hall–Kier alpha value is -2.21. The summed E-state index contributed by atoms with van der Waals surface area (Å²) in [7, 11) is 0. The van der Waals surface area contributed by atoms with Crippen molar-refractivity contribution < 1.29 is 19.5 Å². The Morgan fingerprint density at radius 1 is 1.20 bits per heavy atom. The van der Waals surface area contributed by atoms with E-state index in [0.29, 0.717) is 11.1 Å². The van der Waals surface area contributed by atoms with Gasteiger partial charge in [0.1, 0.15) is 6.23 Å². The summed E-state index contributed by atoms with van der Waals surface area (Å²) in [6.45, 7) is 1.61. The summed E-state index contributed by atoms with van der Waals surface area (Å²) in [5.41, 5.74) is -0.452. The lowest BCUT2D eigenvalue weighted by Crippen LogP contribution is -2.65. The zero-order valence-corrected chi connectivity index (χ0v) is 10.9. The van der Waals surface area contributed by atoms with Gasteiger partial charge in [-0.3, -0.25) is 19.3 Å². The number of hydrogen-bond donors (Lipinski definition) is 2. The van der Waals surface area contributed by atoms with Crippen LogP contribution in [0.3, 0.4) is 0 Å². The molecule has 20 heavy (non-hydrogen) atoms. The molecule has 3 amide bonds. The second-order valence-electron chi connectivity index (χ2n) is 5.32. The minimum absolute atomic E-state index is 0.168. The fraction of sp³-hybridized carbons (Fsp3) is 0.357. The highest BCUT2D eigenvalue weighted by atomic mass is 16.3. The number of nitrogens with zero attached hydrogens (tertiary/aromatic N) is 1. The minimum atomic E-state index is -1.26. The number of imide groups is 1. The standard InChI is InChI=1S/C14H14N2O4/c1-14(7-6-10(17)15-13(14)20)16-11(18)8-4-2-3-5-9(8)12(16)19/h2-5,13,20H,6-7H2,1H3,(H,15,17)/t13?,14-/m0/s1. The van der Waals surface area contributed by atoms with Crippen molar-refractivity contribution in [2.24, 2.45) is 0 Å². The molecule has 6 nitrogen and oxygen atoms in total. The maximum absolute atomic E-state index is 12.4. The largest absolute Gasteiger partial charge is 0.371 e. The van der Waals surface area contributed by atoms with Gasteiger partial charge in [0, 0.05) is 6.42 Å². The molecule has 1 unspecified atom stereocenters. The number of amides is 3. The van der Waals surface area contributed by atoms with Crippen molar-refractivity contribution in [2.45, 2.75) is 31.5 Å². The molecule has 2 heterocycles. The summed E-state index contributed by atoms with van der Waals surface area (Å²) in [5, 5.41) is 12.5. The average molecular weight is 274 g/mol. The first-order valence-electron chi connectivity index (χ1n) is 6.40. The van der Waals surface area contributed by atoms with Crippen molar-refractivity contribution in [3.63, 3.8) is 0 Å². The number of aliphatic hydroxyl groups excluding tert-OH is 1. The Labute approximate surface area is 115 Å². The number of nitrogens with one attached hydrogen (secondary N) is 1. The first-order chi connectivity index (χ1) is 9.45. The fourth-order valence-corrected chi connectivity index (χ4v) is 2.77. The van der Waals surface area contributed by atoms with E-state index in [-0.39, 0.29) is 18.7 Å². The number of carbonyl (C=O) groups excluding carboxylic acids is 3. The van der Waals surface area contributed by atoms with Crippen molar-refractivity contribution in [1.82, 2.24) is 10.2 Å². The normalized spacial score (nSPS) is 29.4. The van der Waals surface area contributed by atoms with Gasteiger partial charge in [-0.05, 0) is 25.5 Å². The van der Waals surface area contributed by atoms with Crippen LogP contribution in [-0.4, -0.2) is 39.5 Å². The van der Waals surface area contributed by atoms with E-state index >= 15 is 0 Å². The predicted octanol–water partition coefficient (Wildman–Crippen LogP) is 0.270. The Kier molecular flexibility index (Phi) is 2.65. The van der Waals surface area contributed by atoms with E-state index in [1.54, 1.807) is 31.2 Å². The number of benzene rings is 1. The Morgan fingerprint density at radius 3 is 2.25 bits per heavy atom. The molecular weight excluding hydrogens is 260 g/mol. The smallest absolute Gasteiger partial charge is 0.262 e. The van der Waals surface area contributed by atoms with Crippen LogP contribution in [0.1, 0.15) is 40.5 Å². The van der Waals surface area contributed by atoms with E-state index in [4.69, 9.17) is 0 Å². The first kappa shape index (κ1) is 12.8. The number of rotatable bonds is 1. The van der Waals surface area contributed by atoms with Crippen LogP contribution >= 0.6 is 0 Å². The fourth-order valence-electron chi connectivity index (χ4n) is 2.77. The van der Waals surface area contributed by atoms with Gasteiger partial charge in [-0.1, -0.05) is 12.1 Å². The van der Waals surface area contributed by atoms with Crippen molar-refractivity contribution in [3.05, 3.63) is 35.4 Å². The van der Waals surface area contributed by atoms with Gasteiger partial charge in [0.05, 0.1) is 16.7 Å². The molecule has 0 saturated carbocycles. The van der Waals surface area contributed by atoms with Crippen LogP contribution in [0.2, 0.25) is 0 Å². The van der Waals surface area contributed by atoms with Crippen LogP contribution in [0.4, 0.5) is 0 Å². The molecule has 0 aliphatic carbocycles. The third kappa shape index (κ3) is 1.58. The average Bonchev–Trinajstić information content (AvgIpc) is 2.68. The lowest BCUT2D eigenvalue weighted by atomic mass is 9.88. The lowest BCUT2D eigenvalue weighted by Gasteiger charge is -2.43. The van der Waals surface area contributed by atoms with Crippen molar-refractivity contribution in [1.29, 1.82) is 0 Å². The molecule has 0 bridgehead atoms. The highest BCUT2D eigenvalue weighted by Gasteiger charge is 2.52. The van der Waals surface area contributed by atoms with E-state index in [1.165, 1.54) is 0 Å². The zero-order chi connectivity index (χ0) is 14.5. The maximum atomic E-state index is 12.4. The molecular formula is C14H14N2O4. The van der Waals surface area contributed by atoms with Crippen molar-refractivity contribution in [3.8, 4) is 0 Å². The van der Waals surface area contributed by atoms with Gasteiger partial charge in [-0.15, -0.1) is 0 Å². The summed E-state index contributed by atoms with van der Waals surface area (Å²) in [6, 6.07) is 6.56. The summed E-state index contributed by atoms with van der Waals surface area (Å²) < 4.78 is 0. The highest BCUT2D eigenvalue weighted by Crippen LogP contribution is 2.35. The zero-order valence-electron chi connectivity index (χ0n) is 10.9. The summed E-state index contributed by atoms with van der Waals surface area (Å²) in [6.07, 6.45) is -0.849. The molecule has 2 aliphatic rings. The monoisotopic (exact) mass is 274 g/mol. The molecule has 1 aromatic rings. The second-order valence-corrected chi connectivity index (χ2v) is 5.32. The van der Waals surface area contributed by atoms with Gasteiger partial charge in [0.15, 0.2) is 0 Å².